The molecule has 3 aromatic carbocycles. The van der Waals surface area contributed by atoms with E-state index in [2.05, 4.69) is 0 Å². The van der Waals surface area contributed by atoms with Gasteiger partial charge in [-0.2, -0.15) is 0 Å². The first-order valence-corrected chi connectivity index (χ1v) is 10.1. The van der Waals surface area contributed by atoms with E-state index >= 15 is 0 Å². The van der Waals surface area contributed by atoms with Gasteiger partial charge in [0, 0.05) is 11.1 Å². The summed E-state index contributed by atoms with van der Waals surface area (Å²) < 4.78 is 21.8. The molecule has 6 nitrogen and oxygen atoms in total. The average molecular weight is 451 g/mol. The molecule has 0 amide bonds. The lowest BCUT2D eigenvalue weighted by molar-refractivity contribution is 0.0734. The first-order valence-electron chi connectivity index (χ1n) is 9.69. The van der Waals surface area contributed by atoms with Crippen LogP contribution in [0, 0.1) is 6.92 Å². The van der Waals surface area contributed by atoms with Crippen molar-refractivity contribution >= 4 is 28.5 Å². The second-order valence-corrected chi connectivity index (χ2v) is 7.42. The average Bonchev–Trinajstić information content (AvgIpc) is 2.79. The van der Waals surface area contributed by atoms with E-state index in [1.165, 1.54) is 26.4 Å². The number of fused-ring (bicyclic) bond motifs is 1. The molecule has 0 saturated heterocycles. The maximum absolute atomic E-state index is 13.1. The Morgan fingerprint density at radius 1 is 0.906 bits per heavy atom. The van der Waals surface area contributed by atoms with Gasteiger partial charge in [-0.3, -0.25) is 4.79 Å². The zero-order chi connectivity index (χ0) is 22.8. The fourth-order valence-electron chi connectivity index (χ4n) is 3.43. The van der Waals surface area contributed by atoms with Crippen LogP contribution in [0.3, 0.4) is 0 Å². The number of benzene rings is 3. The Kier molecular flexibility index (Phi) is 5.88. The molecule has 1 aromatic heterocycles. The van der Waals surface area contributed by atoms with Gasteiger partial charge in [0.2, 0.25) is 5.43 Å². The summed E-state index contributed by atoms with van der Waals surface area (Å²) in [5, 5.41) is 0.962. The van der Waals surface area contributed by atoms with Gasteiger partial charge in [0.15, 0.2) is 11.5 Å². The van der Waals surface area contributed by atoms with Gasteiger partial charge in [-0.15, -0.1) is 0 Å². The summed E-state index contributed by atoms with van der Waals surface area (Å²) >= 11 is 5.95. The van der Waals surface area contributed by atoms with Crippen LogP contribution in [-0.4, -0.2) is 20.2 Å². The van der Waals surface area contributed by atoms with E-state index in [0.717, 1.165) is 0 Å². The Bertz CT molecular complexity index is 1370. The normalized spacial score (nSPS) is 10.8. The zero-order valence-electron chi connectivity index (χ0n) is 17.6. The Balaban J connectivity index is 1.67. The lowest BCUT2D eigenvalue weighted by Gasteiger charge is -2.10. The van der Waals surface area contributed by atoms with Crippen molar-refractivity contribution in [1.82, 2.24) is 0 Å². The molecule has 0 spiro atoms. The van der Waals surface area contributed by atoms with E-state index in [1.807, 2.05) is 0 Å². The fraction of sp³-hybridized carbons (Fsp3) is 0.120. The number of carbonyl (C=O) groups is 1. The molecule has 0 radical (unpaired) electrons. The van der Waals surface area contributed by atoms with Crippen molar-refractivity contribution in [2.45, 2.75) is 6.92 Å². The fourth-order valence-corrected chi connectivity index (χ4v) is 3.55. The summed E-state index contributed by atoms with van der Waals surface area (Å²) in [6.07, 6.45) is 0. The third-order valence-corrected chi connectivity index (χ3v) is 5.25. The lowest BCUT2D eigenvalue weighted by Crippen LogP contribution is -2.10. The predicted octanol–water partition coefficient (Wildman–Crippen LogP) is 5.66. The Morgan fingerprint density at radius 2 is 1.62 bits per heavy atom. The lowest BCUT2D eigenvalue weighted by atomic mass is 10.0. The summed E-state index contributed by atoms with van der Waals surface area (Å²) in [6, 6.07) is 16.4. The summed E-state index contributed by atoms with van der Waals surface area (Å²) in [5.41, 5.74) is 1.61. The molecule has 1 heterocycles. The van der Waals surface area contributed by atoms with Crippen molar-refractivity contribution in [3.05, 3.63) is 87.2 Å². The number of methoxy groups -OCH3 is 2. The van der Waals surface area contributed by atoms with Gasteiger partial charge in [0.1, 0.15) is 17.1 Å². The van der Waals surface area contributed by atoms with E-state index in [-0.39, 0.29) is 11.2 Å². The number of aryl methyl sites for hydroxylation is 1. The molecular formula is C25H19ClO6. The van der Waals surface area contributed by atoms with Crippen molar-refractivity contribution in [3.63, 3.8) is 0 Å². The minimum Gasteiger partial charge on any atom is -0.493 e. The van der Waals surface area contributed by atoms with Gasteiger partial charge >= 0.3 is 5.97 Å². The quantitative estimate of drug-likeness (QED) is 0.288. The standard InChI is InChI=1S/C25H19ClO6/c1-14-23(15-4-7-17(26)8-5-15)24(27)19-10-9-18(13-21(19)31-14)32-25(28)16-6-11-20(29-2)22(12-16)30-3/h4-13H,1-3H3. The number of carbonyl (C=O) groups excluding carboxylic acids is 1. The van der Waals surface area contributed by atoms with Crippen LogP contribution in [0.25, 0.3) is 22.1 Å². The van der Waals surface area contributed by atoms with E-state index in [4.69, 9.17) is 30.2 Å². The minimum absolute atomic E-state index is 0.177. The first kappa shape index (κ1) is 21.5. The first-order chi connectivity index (χ1) is 15.4. The molecule has 32 heavy (non-hydrogen) atoms. The monoisotopic (exact) mass is 450 g/mol. The summed E-state index contributed by atoms with van der Waals surface area (Å²) in [5.74, 6) is 1.04. The molecule has 0 aliphatic carbocycles. The van der Waals surface area contributed by atoms with E-state index < -0.39 is 5.97 Å². The van der Waals surface area contributed by atoms with Crippen LogP contribution in [0.15, 0.2) is 69.9 Å². The van der Waals surface area contributed by atoms with Crippen molar-refractivity contribution in [2.75, 3.05) is 14.2 Å². The smallest absolute Gasteiger partial charge is 0.343 e. The third-order valence-electron chi connectivity index (χ3n) is 5.00. The van der Waals surface area contributed by atoms with E-state index in [0.29, 0.717) is 49.9 Å². The van der Waals surface area contributed by atoms with E-state index in [9.17, 15) is 9.59 Å². The maximum atomic E-state index is 13.1. The highest BCUT2D eigenvalue weighted by molar-refractivity contribution is 6.30. The van der Waals surface area contributed by atoms with Gasteiger partial charge in [-0.1, -0.05) is 23.7 Å². The van der Waals surface area contributed by atoms with Crippen molar-refractivity contribution in [2.24, 2.45) is 0 Å². The molecule has 0 saturated carbocycles. The number of ether oxygens (including phenoxy) is 3. The highest BCUT2D eigenvalue weighted by Gasteiger charge is 2.16. The molecule has 162 valence electrons. The van der Waals surface area contributed by atoms with E-state index in [1.54, 1.807) is 55.5 Å². The third kappa shape index (κ3) is 4.05. The van der Waals surface area contributed by atoms with Crippen LogP contribution in [0.4, 0.5) is 0 Å². The number of rotatable bonds is 5. The number of hydrogen-bond acceptors (Lipinski definition) is 6. The van der Waals surface area contributed by atoms with Gasteiger partial charge in [-0.25, -0.2) is 4.79 Å². The van der Waals surface area contributed by atoms with Crippen molar-refractivity contribution in [3.8, 4) is 28.4 Å². The molecule has 0 aliphatic rings. The molecule has 0 atom stereocenters. The number of esters is 1. The number of halogens is 1. The van der Waals surface area contributed by atoms with Crippen molar-refractivity contribution in [1.29, 1.82) is 0 Å². The van der Waals surface area contributed by atoms with Gasteiger partial charge in [0.25, 0.3) is 0 Å². The van der Waals surface area contributed by atoms with Crippen LogP contribution in [-0.2, 0) is 0 Å². The molecule has 0 fully saturated rings. The van der Waals surface area contributed by atoms with Crippen LogP contribution in [0.5, 0.6) is 17.2 Å². The predicted molar refractivity (Wildman–Crippen MR) is 122 cm³/mol. The maximum Gasteiger partial charge on any atom is 0.343 e. The molecule has 0 aliphatic heterocycles. The van der Waals surface area contributed by atoms with Crippen LogP contribution < -0.4 is 19.6 Å². The highest BCUT2D eigenvalue weighted by atomic mass is 35.5. The van der Waals surface area contributed by atoms with Gasteiger partial charge < -0.3 is 18.6 Å². The Hall–Kier alpha value is -3.77. The topological polar surface area (TPSA) is 75.0 Å². The van der Waals surface area contributed by atoms with Crippen molar-refractivity contribution < 1.29 is 23.4 Å². The number of hydrogen-bond donors (Lipinski definition) is 0. The highest BCUT2D eigenvalue weighted by Crippen LogP contribution is 2.30. The molecular weight excluding hydrogens is 432 g/mol. The molecule has 0 unspecified atom stereocenters. The van der Waals surface area contributed by atoms with Crippen LogP contribution in [0.1, 0.15) is 16.1 Å². The molecule has 4 aromatic rings. The molecule has 4 rings (SSSR count). The molecule has 0 N–H and O–H groups in total. The molecule has 7 heteroatoms. The van der Waals surface area contributed by atoms with Gasteiger partial charge in [-0.05, 0) is 55.0 Å². The van der Waals surface area contributed by atoms with Crippen LogP contribution >= 0.6 is 11.6 Å². The summed E-state index contributed by atoms with van der Waals surface area (Å²) in [7, 11) is 3.00. The summed E-state index contributed by atoms with van der Waals surface area (Å²) in [6.45, 7) is 1.72. The van der Waals surface area contributed by atoms with Crippen LogP contribution in [0.2, 0.25) is 5.02 Å². The zero-order valence-corrected chi connectivity index (χ0v) is 18.4. The largest absolute Gasteiger partial charge is 0.493 e. The minimum atomic E-state index is -0.581. The Morgan fingerprint density at radius 3 is 2.31 bits per heavy atom. The van der Waals surface area contributed by atoms with Gasteiger partial charge in [0.05, 0.1) is 30.7 Å². The second-order valence-electron chi connectivity index (χ2n) is 6.99. The second kappa shape index (κ2) is 8.77. The molecule has 0 bridgehead atoms. The summed E-state index contributed by atoms with van der Waals surface area (Å²) in [4.78, 5) is 25.7. The SMILES string of the molecule is COc1ccc(C(=O)Oc2ccc3c(=O)c(-c4ccc(Cl)cc4)c(C)oc3c2)cc1OC. The Labute approximate surface area is 188 Å².